The molecular formula is C23H20ClFN4. The van der Waals surface area contributed by atoms with Gasteiger partial charge in [-0.15, -0.1) is 0 Å². The lowest BCUT2D eigenvalue weighted by Gasteiger charge is -2.14. The van der Waals surface area contributed by atoms with E-state index < -0.39 is 0 Å². The summed E-state index contributed by atoms with van der Waals surface area (Å²) in [4.78, 5) is 13.8. The van der Waals surface area contributed by atoms with Crippen molar-refractivity contribution in [1.29, 1.82) is 0 Å². The molecule has 2 aromatic heterocycles. The van der Waals surface area contributed by atoms with Crippen molar-refractivity contribution < 1.29 is 4.39 Å². The number of nitrogens with one attached hydrogen (secondary N) is 1. The van der Waals surface area contributed by atoms with Crippen LogP contribution in [0, 0.1) is 5.82 Å². The zero-order chi connectivity index (χ0) is 19.8. The number of aromatic nitrogens is 2. The molecule has 0 saturated heterocycles. The predicted octanol–water partition coefficient (Wildman–Crippen LogP) is 5.66. The van der Waals surface area contributed by atoms with Gasteiger partial charge in [0, 0.05) is 22.2 Å². The minimum absolute atomic E-state index is 0.341. The van der Waals surface area contributed by atoms with E-state index in [1.165, 1.54) is 37.8 Å². The number of aliphatic imine (C=N–C) groups is 1. The molecule has 2 aliphatic rings. The Kier molecular flexibility index (Phi) is 4.76. The summed E-state index contributed by atoms with van der Waals surface area (Å²) < 4.78 is 14.4. The molecule has 146 valence electrons. The Hall–Kier alpha value is -2.79. The van der Waals surface area contributed by atoms with Crippen LogP contribution in [0.25, 0.3) is 16.6 Å². The molecule has 5 rings (SSSR count). The fraction of sp³-hybridized carbons (Fsp3) is 0.261. The van der Waals surface area contributed by atoms with Crippen LogP contribution in [-0.4, -0.2) is 28.3 Å². The molecule has 4 nitrogen and oxygen atoms in total. The lowest BCUT2D eigenvalue weighted by molar-refractivity contribution is 0.625. The third-order valence-electron chi connectivity index (χ3n) is 5.52. The van der Waals surface area contributed by atoms with E-state index >= 15 is 0 Å². The summed E-state index contributed by atoms with van der Waals surface area (Å²) in [5.74, 6) is -0.341. The van der Waals surface area contributed by atoms with Crippen LogP contribution in [0.15, 0.2) is 53.7 Å². The smallest absolute Gasteiger partial charge is 0.132 e. The van der Waals surface area contributed by atoms with Gasteiger partial charge in [-0.05, 0) is 49.2 Å². The van der Waals surface area contributed by atoms with Crippen molar-refractivity contribution in [3.63, 3.8) is 0 Å². The van der Waals surface area contributed by atoms with Gasteiger partial charge in [0.25, 0.3) is 0 Å². The van der Waals surface area contributed by atoms with E-state index in [9.17, 15) is 4.39 Å². The second kappa shape index (κ2) is 7.56. The first kappa shape index (κ1) is 18.3. The highest BCUT2D eigenvalue weighted by Gasteiger charge is 2.21. The lowest BCUT2D eigenvalue weighted by atomic mass is 10.00. The van der Waals surface area contributed by atoms with E-state index in [1.54, 1.807) is 6.07 Å². The molecule has 1 fully saturated rings. The second-order valence-corrected chi connectivity index (χ2v) is 7.95. The Labute approximate surface area is 173 Å². The highest BCUT2D eigenvalue weighted by atomic mass is 35.5. The van der Waals surface area contributed by atoms with Crippen LogP contribution in [0.5, 0.6) is 0 Å². The monoisotopic (exact) mass is 406 g/mol. The molecule has 0 bridgehead atoms. The summed E-state index contributed by atoms with van der Waals surface area (Å²) in [5, 5.41) is 4.05. The molecule has 1 N–H and O–H groups in total. The van der Waals surface area contributed by atoms with Crippen LogP contribution in [0.3, 0.4) is 0 Å². The summed E-state index contributed by atoms with van der Waals surface area (Å²) in [5.41, 5.74) is 5.20. The first-order valence-corrected chi connectivity index (χ1v) is 10.3. The maximum atomic E-state index is 14.4. The molecule has 0 atom stereocenters. The van der Waals surface area contributed by atoms with Gasteiger partial charge < -0.3 is 5.32 Å². The first-order chi connectivity index (χ1) is 14.2. The quantitative estimate of drug-likeness (QED) is 0.607. The zero-order valence-corrected chi connectivity index (χ0v) is 16.6. The Balaban J connectivity index is 1.49. The molecule has 0 radical (unpaired) electrons. The van der Waals surface area contributed by atoms with Crippen molar-refractivity contribution >= 4 is 39.6 Å². The number of pyridine rings is 2. The van der Waals surface area contributed by atoms with Gasteiger partial charge in [-0.3, -0.25) is 9.98 Å². The van der Waals surface area contributed by atoms with Crippen molar-refractivity contribution in [2.45, 2.75) is 31.7 Å². The average molecular weight is 407 g/mol. The predicted molar refractivity (Wildman–Crippen MR) is 116 cm³/mol. The SMILES string of the molecule is Fc1ccc(Cl)cc1C1=NCC=C1c1ccc2ncc(NC3CCCC3)cc2n1. The molecule has 1 aliphatic heterocycles. The van der Waals surface area contributed by atoms with Gasteiger partial charge in [-0.25, -0.2) is 9.37 Å². The number of fused-ring (bicyclic) bond motifs is 1. The Bertz CT molecular complexity index is 1150. The molecule has 1 aromatic carbocycles. The molecule has 0 amide bonds. The molecule has 1 saturated carbocycles. The summed E-state index contributed by atoms with van der Waals surface area (Å²) in [6.45, 7) is 0.498. The summed E-state index contributed by atoms with van der Waals surface area (Å²) in [6, 6.07) is 10.9. The van der Waals surface area contributed by atoms with Crippen LogP contribution in [0.4, 0.5) is 10.1 Å². The first-order valence-electron chi connectivity index (χ1n) is 9.91. The van der Waals surface area contributed by atoms with Crippen LogP contribution >= 0.6 is 11.6 Å². The lowest BCUT2D eigenvalue weighted by Crippen LogP contribution is -2.14. The van der Waals surface area contributed by atoms with Crippen LogP contribution in [0.2, 0.25) is 5.02 Å². The number of hydrogen-bond donors (Lipinski definition) is 1. The molecule has 6 heteroatoms. The zero-order valence-electron chi connectivity index (χ0n) is 15.8. The summed E-state index contributed by atoms with van der Waals surface area (Å²) >= 11 is 6.08. The molecule has 0 unspecified atom stereocenters. The van der Waals surface area contributed by atoms with E-state index in [4.69, 9.17) is 16.6 Å². The second-order valence-electron chi connectivity index (χ2n) is 7.52. The topological polar surface area (TPSA) is 50.2 Å². The third kappa shape index (κ3) is 3.62. The van der Waals surface area contributed by atoms with Crippen LogP contribution in [-0.2, 0) is 0 Å². The third-order valence-corrected chi connectivity index (χ3v) is 5.76. The number of nitrogens with zero attached hydrogens (tertiary/aromatic N) is 3. The standard InChI is InChI=1S/C23H20ClFN4/c24-14-5-6-19(25)18(11-14)23-17(9-10-26-23)20-7-8-21-22(29-20)12-16(13-27-21)28-15-3-1-2-4-15/h5-9,11-13,15,28H,1-4,10H2. The van der Waals surface area contributed by atoms with Gasteiger partial charge in [0.1, 0.15) is 5.82 Å². The average Bonchev–Trinajstić information content (AvgIpc) is 3.41. The largest absolute Gasteiger partial charge is 0.381 e. The number of anilines is 1. The van der Waals surface area contributed by atoms with Crippen LogP contribution in [0.1, 0.15) is 36.9 Å². The summed E-state index contributed by atoms with van der Waals surface area (Å²) in [7, 11) is 0. The van der Waals surface area contributed by atoms with Crippen molar-refractivity contribution in [1.82, 2.24) is 9.97 Å². The Morgan fingerprint density at radius 1 is 1.03 bits per heavy atom. The number of hydrogen-bond acceptors (Lipinski definition) is 4. The van der Waals surface area contributed by atoms with Gasteiger partial charge in [0.15, 0.2) is 0 Å². The molecule has 3 aromatic rings. The highest BCUT2D eigenvalue weighted by molar-refractivity contribution is 6.35. The van der Waals surface area contributed by atoms with E-state index in [1.807, 2.05) is 30.5 Å². The fourth-order valence-corrected chi connectivity index (χ4v) is 4.26. The van der Waals surface area contributed by atoms with Crippen molar-refractivity contribution in [2.24, 2.45) is 4.99 Å². The molecule has 1 aliphatic carbocycles. The highest BCUT2D eigenvalue weighted by Crippen LogP contribution is 2.28. The molecule has 29 heavy (non-hydrogen) atoms. The van der Waals surface area contributed by atoms with E-state index in [0.717, 1.165) is 28.0 Å². The minimum Gasteiger partial charge on any atom is -0.381 e. The van der Waals surface area contributed by atoms with Crippen LogP contribution < -0.4 is 5.32 Å². The van der Waals surface area contributed by atoms with Gasteiger partial charge in [-0.1, -0.05) is 30.5 Å². The number of halogens is 2. The van der Waals surface area contributed by atoms with Crippen molar-refractivity contribution in [2.75, 3.05) is 11.9 Å². The maximum Gasteiger partial charge on any atom is 0.132 e. The molecule has 3 heterocycles. The summed E-state index contributed by atoms with van der Waals surface area (Å²) in [6.07, 6.45) is 8.78. The van der Waals surface area contributed by atoms with Gasteiger partial charge in [-0.2, -0.15) is 0 Å². The van der Waals surface area contributed by atoms with Gasteiger partial charge in [0.2, 0.25) is 0 Å². The Morgan fingerprint density at radius 3 is 2.76 bits per heavy atom. The minimum atomic E-state index is -0.341. The molecular weight excluding hydrogens is 387 g/mol. The fourth-order valence-electron chi connectivity index (χ4n) is 4.09. The maximum absolute atomic E-state index is 14.4. The van der Waals surface area contributed by atoms with E-state index in [0.29, 0.717) is 28.9 Å². The Morgan fingerprint density at radius 2 is 1.90 bits per heavy atom. The normalized spacial score (nSPS) is 16.9. The number of allylic oxidation sites excluding steroid dienone is 1. The number of rotatable bonds is 4. The van der Waals surface area contributed by atoms with Gasteiger partial charge >= 0.3 is 0 Å². The van der Waals surface area contributed by atoms with Crippen molar-refractivity contribution in [3.05, 3.63) is 70.8 Å². The molecule has 0 spiro atoms. The van der Waals surface area contributed by atoms with Crippen molar-refractivity contribution in [3.8, 4) is 0 Å². The van der Waals surface area contributed by atoms with Gasteiger partial charge in [0.05, 0.1) is 40.9 Å². The van der Waals surface area contributed by atoms with E-state index in [2.05, 4.69) is 15.3 Å². The number of benzene rings is 1. The van der Waals surface area contributed by atoms with E-state index in [-0.39, 0.29) is 5.82 Å².